The van der Waals surface area contributed by atoms with Crippen LogP contribution in [0.2, 0.25) is 5.02 Å². The van der Waals surface area contributed by atoms with E-state index in [0.29, 0.717) is 13.0 Å². The molecule has 1 N–H and O–H groups in total. The van der Waals surface area contributed by atoms with Gasteiger partial charge in [-0.25, -0.2) is 9.18 Å². The minimum Gasteiger partial charge on any atom is -0.438 e. The number of hydrogen-bond donors (Lipinski definition) is 1. The third-order valence-corrected chi connectivity index (χ3v) is 3.70. The molecule has 8 heteroatoms. The molecule has 1 aromatic carbocycles. The Kier molecular flexibility index (Phi) is 5.57. The second-order valence-corrected chi connectivity index (χ2v) is 5.12. The number of anilines is 1. The molecule has 1 aliphatic heterocycles. The zero-order chi connectivity index (χ0) is 16.2. The van der Waals surface area contributed by atoms with Gasteiger partial charge in [-0.1, -0.05) is 11.6 Å². The first kappa shape index (κ1) is 17.0. The quantitative estimate of drug-likeness (QED) is 0.858. The summed E-state index contributed by atoms with van der Waals surface area (Å²) in [7, 11) is 2.92. The lowest BCUT2D eigenvalue weighted by Crippen LogP contribution is -2.54. The minimum absolute atomic E-state index is 0.0356. The molecule has 1 saturated heterocycles. The molecular formula is C14H17ClFNO5. The van der Waals surface area contributed by atoms with Crippen molar-refractivity contribution in [2.75, 3.05) is 32.8 Å². The third kappa shape index (κ3) is 3.67. The second kappa shape index (κ2) is 7.23. The Morgan fingerprint density at radius 2 is 2.18 bits per heavy atom. The van der Waals surface area contributed by atoms with E-state index in [0.717, 1.165) is 6.07 Å². The first-order valence-corrected chi connectivity index (χ1v) is 6.99. The van der Waals surface area contributed by atoms with Crippen LogP contribution in [0.4, 0.5) is 14.9 Å². The summed E-state index contributed by atoms with van der Waals surface area (Å²) in [5, 5.41) is 2.54. The molecule has 0 bridgehead atoms. The highest BCUT2D eigenvalue weighted by atomic mass is 35.5. The van der Waals surface area contributed by atoms with Crippen molar-refractivity contribution in [2.24, 2.45) is 0 Å². The molecule has 1 heterocycles. The molecule has 0 saturated carbocycles. The lowest BCUT2D eigenvalue weighted by atomic mass is 10.0. The Bertz CT molecular complexity index is 538. The number of halogens is 2. The topological polar surface area (TPSA) is 66.0 Å². The van der Waals surface area contributed by atoms with Gasteiger partial charge in [-0.2, -0.15) is 0 Å². The molecule has 6 nitrogen and oxygen atoms in total. The van der Waals surface area contributed by atoms with Gasteiger partial charge in [-0.3, -0.25) is 5.32 Å². The van der Waals surface area contributed by atoms with E-state index >= 15 is 0 Å². The first-order valence-electron chi connectivity index (χ1n) is 6.61. The fraction of sp³-hybridized carbons (Fsp3) is 0.500. The van der Waals surface area contributed by atoms with Crippen LogP contribution < -0.4 is 5.32 Å². The molecule has 0 radical (unpaired) electrons. The van der Waals surface area contributed by atoms with Crippen molar-refractivity contribution < 1.29 is 28.1 Å². The highest BCUT2D eigenvalue weighted by Gasteiger charge is 2.45. The van der Waals surface area contributed by atoms with Crippen LogP contribution in [-0.4, -0.2) is 45.4 Å². The van der Waals surface area contributed by atoms with Crippen LogP contribution in [0.15, 0.2) is 18.2 Å². The van der Waals surface area contributed by atoms with Crippen LogP contribution in [0.5, 0.6) is 0 Å². The number of rotatable bonds is 4. The van der Waals surface area contributed by atoms with Gasteiger partial charge in [0.25, 0.3) is 0 Å². The molecule has 0 aliphatic carbocycles. The van der Waals surface area contributed by atoms with E-state index in [2.05, 4.69) is 5.32 Å². The van der Waals surface area contributed by atoms with E-state index in [-0.39, 0.29) is 17.3 Å². The van der Waals surface area contributed by atoms with Gasteiger partial charge >= 0.3 is 6.09 Å². The summed E-state index contributed by atoms with van der Waals surface area (Å²) in [5.74, 6) is -1.73. The van der Waals surface area contributed by atoms with Crippen molar-refractivity contribution in [3.8, 4) is 0 Å². The highest BCUT2D eigenvalue weighted by molar-refractivity contribution is 6.30. The maximum atomic E-state index is 13.6. The van der Waals surface area contributed by atoms with Crippen LogP contribution >= 0.6 is 11.6 Å². The number of methoxy groups -OCH3 is 2. The SMILES string of the molecule is COC1(OC)CCOCC1OC(=O)Nc1ccc(Cl)cc1F. The van der Waals surface area contributed by atoms with Crippen LogP contribution in [-0.2, 0) is 18.9 Å². The van der Waals surface area contributed by atoms with E-state index < -0.39 is 23.8 Å². The van der Waals surface area contributed by atoms with Gasteiger partial charge in [0.15, 0.2) is 6.10 Å². The fourth-order valence-corrected chi connectivity index (χ4v) is 2.39. The van der Waals surface area contributed by atoms with Gasteiger partial charge in [-0.05, 0) is 18.2 Å². The van der Waals surface area contributed by atoms with E-state index in [1.807, 2.05) is 0 Å². The Morgan fingerprint density at radius 1 is 1.45 bits per heavy atom. The van der Waals surface area contributed by atoms with E-state index in [1.165, 1.54) is 26.4 Å². The number of amides is 1. The number of benzene rings is 1. The lowest BCUT2D eigenvalue weighted by Gasteiger charge is -2.40. The first-order chi connectivity index (χ1) is 10.5. The van der Waals surface area contributed by atoms with Gasteiger partial charge in [0.1, 0.15) is 5.82 Å². The molecule has 1 amide bonds. The Morgan fingerprint density at radius 3 is 2.82 bits per heavy atom. The van der Waals surface area contributed by atoms with Gasteiger partial charge in [0.05, 0.1) is 18.9 Å². The van der Waals surface area contributed by atoms with Crippen molar-refractivity contribution in [1.82, 2.24) is 0 Å². The molecule has 1 aliphatic rings. The van der Waals surface area contributed by atoms with Crippen molar-refractivity contribution >= 4 is 23.4 Å². The van der Waals surface area contributed by atoms with Crippen molar-refractivity contribution in [1.29, 1.82) is 0 Å². The number of carbonyl (C=O) groups excluding carboxylic acids is 1. The predicted octanol–water partition coefficient (Wildman–Crippen LogP) is 2.81. The average molecular weight is 334 g/mol. The minimum atomic E-state index is -1.08. The maximum absolute atomic E-state index is 13.6. The molecule has 122 valence electrons. The molecule has 22 heavy (non-hydrogen) atoms. The number of hydrogen-bond acceptors (Lipinski definition) is 5. The molecule has 1 aromatic rings. The third-order valence-electron chi connectivity index (χ3n) is 3.46. The standard InChI is InChI=1S/C14H17ClFNO5/c1-19-14(20-2)5-6-21-8-12(14)22-13(18)17-11-4-3-9(15)7-10(11)16/h3-4,7,12H,5-6,8H2,1-2H3,(H,17,18). The Labute approximate surface area is 132 Å². The normalized spacial score (nSPS) is 20.5. The molecule has 2 rings (SSSR count). The van der Waals surface area contributed by atoms with E-state index in [4.69, 9.17) is 30.5 Å². The monoisotopic (exact) mass is 333 g/mol. The Hall–Kier alpha value is -1.41. The van der Waals surface area contributed by atoms with Crippen LogP contribution in [0, 0.1) is 5.82 Å². The van der Waals surface area contributed by atoms with Crippen molar-refractivity contribution in [2.45, 2.75) is 18.3 Å². The number of carbonyl (C=O) groups is 1. The summed E-state index contributed by atoms with van der Waals surface area (Å²) in [4.78, 5) is 11.9. The number of ether oxygens (including phenoxy) is 4. The smallest absolute Gasteiger partial charge is 0.412 e. The highest BCUT2D eigenvalue weighted by Crippen LogP contribution is 2.28. The summed E-state index contributed by atoms with van der Waals surface area (Å²) in [6, 6.07) is 3.89. The van der Waals surface area contributed by atoms with Crippen molar-refractivity contribution in [3.05, 3.63) is 29.0 Å². The second-order valence-electron chi connectivity index (χ2n) is 4.69. The summed E-state index contributed by atoms with van der Waals surface area (Å²) < 4.78 is 34.8. The summed E-state index contributed by atoms with van der Waals surface area (Å²) >= 11 is 5.65. The average Bonchev–Trinajstić information content (AvgIpc) is 2.51. The van der Waals surface area contributed by atoms with Crippen molar-refractivity contribution in [3.63, 3.8) is 0 Å². The molecule has 1 atom stereocenters. The van der Waals surface area contributed by atoms with E-state index in [9.17, 15) is 9.18 Å². The molecule has 0 aromatic heterocycles. The number of nitrogens with one attached hydrogen (secondary N) is 1. The van der Waals surface area contributed by atoms with Crippen LogP contribution in [0.25, 0.3) is 0 Å². The maximum Gasteiger partial charge on any atom is 0.412 e. The predicted molar refractivity (Wildman–Crippen MR) is 77.5 cm³/mol. The molecule has 1 unspecified atom stereocenters. The van der Waals surface area contributed by atoms with Crippen LogP contribution in [0.1, 0.15) is 6.42 Å². The summed E-state index contributed by atoms with van der Waals surface area (Å²) in [5.41, 5.74) is -0.0356. The lowest BCUT2D eigenvalue weighted by molar-refractivity contribution is -0.291. The molecular weight excluding hydrogens is 317 g/mol. The summed E-state index contributed by atoms with van der Waals surface area (Å²) in [6.45, 7) is 0.549. The zero-order valence-corrected chi connectivity index (χ0v) is 13.0. The summed E-state index contributed by atoms with van der Waals surface area (Å²) in [6.07, 6.45) is -1.20. The van der Waals surface area contributed by atoms with Gasteiger partial charge in [0.2, 0.25) is 5.79 Å². The van der Waals surface area contributed by atoms with Crippen LogP contribution in [0.3, 0.4) is 0 Å². The van der Waals surface area contributed by atoms with Gasteiger partial charge < -0.3 is 18.9 Å². The Balaban J connectivity index is 2.04. The zero-order valence-electron chi connectivity index (χ0n) is 12.2. The largest absolute Gasteiger partial charge is 0.438 e. The van der Waals surface area contributed by atoms with Gasteiger partial charge in [0, 0.05) is 25.7 Å². The fourth-order valence-electron chi connectivity index (χ4n) is 2.23. The van der Waals surface area contributed by atoms with E-state index in [1.54, 1.807) is 0 Å². The molecule has 0 spiro atoms. The molecule has 1 fully saturated rings. The van der Waals surface area contributed by atoms with Gasteiger partial charge in [-0.15, -0.1) is 0 Å².